The largest absolute Gasteiger partial charge is 0.468 e. The smallest absolute Gasteiger partial charge is 0.407 e. The molecule has 21 heavy (non-hydrogen) atoms. The van der Waals surface area contributed by atoms with E-state index in [0.717, 1.165) is 18.5 Å². The van der Waals surface area contributed by atoms with Gasteiger partial charge in [-0.3, -0.25) is 9.69 Å². The van der Waals surface area contributed by atoms with E-state index < -0.39 is 6.09 Å². The SMILES string of the molecule is COC(=O)CN1CCC(NC(=O)OCc2ccccc2)C1. The topological polar surface area (TPSA) is 67.9 Å². The van der Waals surface area contributed by atoms with Gasteiger partial charge in [0.2, 0.25) is 0 Å². The second-order valence-corrected chi connectivity index (χ2v) is 5.00. The van der Waals surface area contributed by atoms with Gasteiger partial charge in [0, 0.05) is 19.1 Å². The summed E-state index contributed by atoms with van der Waals surface area (Å²) in [6.45, 7) is 1.91. The lowest BCUT2D eigenvalue weighted by Gasteiger charge is -2.15. The van der Waals surface area contributed by atoms with Crippen LogP contribution in [0.15, 0.2) is 30.3 Å². The molecule has 1 aliphatic heterocycles. The number of esters is 1. The molecule has 1 unspecified atom stereocenters. The molecule has 0 saturated carbocycles. The Bertz CT molecular complexity index is 478. The molecule has 0 aliphatic carbocycles. The van der Waals surface area contributed by atoms with Crippen molar-refractivity contribution in [2.45, 2.75) is 19.1 Å². The second kappa shape index (κ2) is 7.64. The summed E-state index contributed by atoms with van der Waals surface area (Å²) in [5.74, 6) is -0.262. The van der Waals surface area contributed by atoms with Gasteiger partial charge in [-0.25, -0.2) is 4.79 Å². The highest BCUT2D eigenvalue weighted by Crippen LogP contribution is 2.09. The molecule has 0 spiro atoms. The average molecular weight is 292 g/mol. The Morgan fingerprint density at radius 2 is 2.10 bits per heavy atom. The molecule has 1 amide bonds. The van der Waals surface area contributed by atoms with Crippen LogP contribution in [-0.4, -0.2) is 49.7 Å². The first-order chi connectivity index (χ1) is 10.2. The van der Waals surface area contributed by atoms with E-state index in [2.05, 4.69) is 10.1 Å². The van der Waals surface area contributed by atoms with Crippen molar-refractivity contribution in [3.05, 3.63) is 35.9 Å². The van der Waals surface area contributed by atoms with E-state index in [0.29, 0.717) is 6.54 Å². The summed E-state index contributed by atoms with van der Waals surface area (Å²) in [6.07, 6.45) is 0.376. The van der Waals surface area contributed by atoms with E-state index in [1.807, 2.05) is 35.2 Å². The van der Waals surface area contributed by atoms with Gasteiger partial charge in [0.25, 0.3) is 0 Å². The summed E-state index contributed by atoms with van der Waals surface area (Å²) >= 11 is 0. The number of benzene rings is 1. The predicted molar refractivity (Wildman–Crippen MR) is 76.6 cm³/mol. The number of hydrogen-bond donors (Lipinski definition) is 1. The minimum absolute atomic E-state index is 0.0120. The third kappa shape index (κ3) is 5.07. The molecule has 1 aliphatic rings. The normalized spacial score (nSPS) is 18.2. The van der Waals surface area contributed by atoms with Crippen LogP contribution in [0.5, 0.6) is 0 Å². The molecule has 1 fully saturated rings. The van der Waals surface area contributed by atoms with Crippen LogP contribution in [0.3, 0.4) is 0 Å². The van der Waals surface area contributed by atoms with E-state index in [9.17, 15) is 9.59 Å². The summed E-state index contributed by atoms with van der Waals surface area (Å²) in [4.78, 5) is 24.8. The number of carbonyl (C=O) groups excluding carboxylic acids is 2. The number of nitrogens with zero attached hydrogens (tertiary/aromatic N) is 1. The molecule has 1 heterocycles. The fraction of sp³-hybridized carbons (Fsp3) is 0.467. The Kier molecular flexibility index (Phi) is 5.57. The van der Waals surface area contributed by atoms with Crippen molar-refractivity contribution in [3.63, 3.8) is 0 Å². The Morgan fingerprint density at radius 3 is 2.81 bits per heavy atom. The third-order valence-corrected chi connectivity index (χ3v) is 3.39. The highest BCUT2D eigenvalue weighted by atomic mass is 16.5. The standard InChI is InChI=1S/C15H20N2O4/c1-20-14(18)10-17-8-7-13(9-17)16-15(19)21-11-12-5-3-2-4-6-12/h2-6,13H,7-11H2,1H3,(H,16,19). The minimum atomic E-state index is -0.427. The van der Waals surface area contributed by atoms with Crippen molar-refractivity contribution in [2.75, 3.05) is 26.7 Å². The molecule has 6 heteroatoms. The zero-order valence-electron chi connectivity index (χ0n) is 12.1. The van der Waals surface area contributed by atoms with E-state index in [1.54, 1.807) is 0 Å². The van der Waals surface area contributed by atoms with Gasteiger partial charge in [0.15, 0.2) is 0 Å². The second-order valence-electron chi connectivity index (χ2n) is 5.00. The van der Waals surface area contributed by atoms with Crippen LogP contribution in [0.4, 0.5) is 4.79 Å². The number of nitrogens with one attached hydrogen (secondary N) is 1. The molecule has 0 radical (unpaired) electrons. The lowest BCUT2D eigenvalue weighted by molar-refractivity contribution is -0.141. The summed E-state index contributed by atoms with van der Waals surface area (Å²) in [7, 11) is 1.37. The van der Waals surface area contributed by atoms with Crippen LogP contribution >= 0.6 is 0 Å². The fourth-order valence-corrected chi connectivity index (χ4v) is 2.27. The van der Waals surface area contributed by atoms with Crippen molar-refractivity contribution < 1.29 is 19.1 Å². The molecule has 1 aromatic rings. The lowest BCUT2D eigenvalue weighted by Crippen LogP contribution is -2.38. The fourth-order valence-electron chi connectivity index (χ4n) is 2.27. The Hall–Kier alpha value is -2.08. The van der Waals surface area contributed by atoms with Gasteiger partial charge in [-0.1, -0.05) is 30.3 Å². The highest BCUT2D eigenvalue weighted by Gasteiger charge is 2.25. The maximum atomic E-state index is 11.7. The van der Waals surface area contributed by atoms with E-state index >= 15 is 0 Å². The Morgan fingerprint density at radius 1 is 1.33 bits per heavy atom. The van der Waals surface area contributed by atoms with E-state index in [1.165, 1.54) is 7.11 Å². The molecule has 1 aromatic carbocycles. The maximum Gasteiger partial charge on any atom is 0.407 e. The molecule has 0 aromatic heterocycles. The molecule has 6 nitrogen and oxygen atoms in total. The number of hydrogen-bond acceptors (Lipinski definition) is 5. The zero-order chi connectivity index (χ0) is 15.1. The summed E-state index contributed by atoms with van der Waals surface area (Å²) < 4.78 is 9.79. The Labute approximate surface area is 124 Å². The van der Waals surface area contributed by atoms with Gasteiger partial charge < -0.3 is 14.8 Å². The van der Waals surface area contributed by atoms with Crippen molar-refractivity contribution in [3.8, 4) is 0 Å². The number of likely N-dealkylation sites (tertiary alicyclic amines) is 1. The molecular weight excluding hydrogens is 272 g/mol. The third-order valence-electron chi connectivity index (χ3n) is 3.39. The minimum Gasteiger partial charge on any atom is -0.468 e. The number of alkyl carbamates (subject to hydrolysis) is 1. The van der Waals surface area contributed by atoms with Gasteiger partial charge in [-0.15, -0.1) is 0 Å². The summed E-state index contributed by atoms with van der Waals surface area (Å²) in [5.41, 5.74) is 0.950. The highest BCUT2D eigenvalue weighted by molar-refractivity contribution is 5.71. The Balaban J connectivity index is 1.68. The van der Waals surface area contributed by atoms with Crippen LogP contribution in [0.2, 0.25) is 0 Å². The number of amides is 1. The van der Waals surface area contributed by atoms with Gasteiger partial charge in [-0.05, 0) is 12.0 Å². The quantitative estimate of drug-likeness (QED) is 0.825. The lowest BCUT2D eigenvalue weighted by atomic mass is 10.2. The van der Waals surface area contributed by atoms with Gasteiger partial charge in [0.1, 0.15) is 6.61 Å². The van der Waals surface area contributed by atoms with Gasteiger partial charge in [0.05, 0.1) is 13.7 Å². The molecule has 1 atom stereocenters. The zero-order valence-corrected chi connectivity index (χ0v) is 12.1. The predicted octanol–water partition coefficient (Wildman–Crippen LogP) is 1.16. The van der Waals surface area contributed by atoms with Crippen LogP contribution < -0.4 is 5.32 Å². The molecule has 0 bridgehead atoms. The first-order valence-corrected chi connectivity index (χ1v) is 6.94. The van der Waals surface area contributed by atoms with Gasteiger partial charge >= 0.3 is 12.1 Å². The summed E-state index contributed by atoms with van der Waals surface area (Å²) in [5, 5.41) is 2.82. The van der Waals surface area contributed by atoms with Crippen molar-refractivity contribution in [1.29, 1.82) is 0 Å². The van der Waals surface area contributed by atoms with E-state index in [4.69, 9.17) is 4.74 Å². The molecule has 1 N–H and O–H groups in total. The maximum absolute atomic E-state index is 11.7. The number of methoxy groups -OCH3 is 1. The van der Waals surface area contributed by atoms with Crippen LogP contribution in [0.25, 0.3) is 0 Å². The van der Waals surface area contributed by atoms with Crippen LogP contribution in [-0.2, 0) is 20.9 Å². The molecule has 2 rings (SSSR count). The first kappa shape index (κ1) is 15.3. The van der Waals surface area contributed by atoms with Crippen molar-refractivity contribution in [2.24, 2.45) is 0 Å². The molecule has 1 saturated heterocycles. The number of carbonyl (C=O) groups is 2. The van der Waals surface area contributed by atoms with E-state index in [-0.39, 0.29) is 25.2 Å². The monoisotopic (exact) mass is 292 g/mol. The molecule has 114 valence electrons. The first-order valence-electron chi connectivity index (χ1n) is 6.94. The number of rotatable bonds is 5. The van der Waals surface area contributed by atoms with Crippen molar-refractivity contribution >= 4 is 12.1 Å². The molecular formula is C15H20N2O4. The van der Waals surface area contributed by atoms with Crippen LogP contribution in [0.1, 0.15) is 12.0 Å². The average Bonchev–Trinajstić information content (AvgIpc) is 2.93. The number of ether oxygens (including phenoxy) is 2. The summed E-state index contributed by atoms with van der Waals surface area (Å²) in [6, 6.07) is 9.54. The van der Waals surface area contributed by atoms with Gasteiger partial charge in [-0.2, -0.15) is 0 Å². The van der Waals surface area contributed by atoms with Crippen molar-refractivity contribution in [1.82, 2.24) is 10.2 Å². The van der Waals surface area contributed by atoms with Crippen LogP contribution in [0, 0.1) is 0 Å².